The first-order valence-corrected chi connectivity index (χ1v) is 10.0. The first-order valence-electron chi connectivity index (χ1n) is 10.0. The molecule has 0 radical (unpaired) electrons. The molecule has 2 aromatic carbocycles. The molecule has 12 heteroatoms. The van der Waals surface area contributed by atoms with Gasteiger partial charge < -0.3 is 54.4 Å². The summed E-state index contributed by atoms with van der Waals surface area (Å²) in [5.74, 6) is -3.30. The maximum absolute atomic E-state index is 13.3. The topological polar surface area (TPSA) is 200 Å². The molecule has 5 atom stereocenters. The summed E-state index contributed by atoms with van der Waals surface area (Å²) >= 11 is 0. The van der Waals surface area contributed by atoms with Crippen LogP contribution in [0.25, 0.3) is 22.3 Å². The molecule has 1 aromatic heterocycles. The Bertz CT molecular complexity index is 1280. The Morgan fingerprint density at radius 3 is 2.12 bits per heavy atom. The predicted octanol–water partition coefficient (Wildman–Crippen LogP) is 0.497. The van der Waals surface area contributed by atoms with E-state index in [0.717, 1.165) is 24.3 Å². The van der Waals surface area contributed by atoms with Crippen LogP contribution in [0.5, 0.6) is 34.5 Å². The summed E-state index contributed by atoms with van der Waals surface area (Å²) in [5, 5.41) is 70.4. The smallest absolute Gasteiger partial charge is 0.239 e. The van der Waals surface area contributed by atoms with Gasteiger partial charge in [-0.05, 0) is 19.1 Å². The Kier molecular flexibility index (Phi) is 5.91. The third-order valence-electron chi connectivity index (χ3n) is 5.48. The average molecular weight is 478 g/mol. The number of benzene rings is 2. The minimum Gasteiger partial charge on any atom is -0.508 e. The van der Waals surface area contributed by atoms with Crippen LogP contribution in [-0.4, -0.2) is 73.6 Å². The monoisotopic (exact) mass is 478 g/mol. The molecule has 1 saturated heterocycles. The normalized spacial score (nSPS) is 24.8. The Morgan fingerprint density at radius 1 is 0.853 bits per heavy atom. The van der Waals surface area contributed by atoms with Gasteiger partial charge in [-0.15, -0.1) is 0 Å². The number of ether oxygens (including phenoxy) is 3. The minimum absolute atomic E-state index is 0.0773. The molecule has 1 fully saturated rings. The van der Waals surface area contributed by atoms with Crippen molar-refractivity contribution in [2.75, 3.05) is 7.11 Å². The van der Waals surface area contributed by atoms with Crippen LogP contribution < -0.4 is 14.9 Å². The number of phenols is 4. The molecule has 0 unspecified atom stereocenters. The molecular formula is C22H22O12. The van der Waals surface area contributed by atoms with Gasteiger partial charge >= 0.3 is 0 Å². The molecule has 2 heterocycles. The number of aromatic hydroxyl groups is 4. The second kappa shape index (κ2) is 8.57. The van der Waals surface area contributed by atoms with Crippen molar-refractivity contribution in [3.63, 3.8) is 0 Å². The molecule has 0 amide bonds. The largest absolute Gasteiger partial charge is 0.508 e. The first kappa shape index (κ1) is 23.4. The van der Waals surface area contributed by atoms with Crippen LogP contribution in [0, 0.1) is 0 Å². The van der Waals surface area contributed by atoms with E-state index in [1.54, 1.807) is 0 Å². The highest BCUT2D eigenvalue weighted by Crippen LogP contribution is 2.43. The molecule has 1 aliphatic heterocycles. The molecule has 7 N–H and O–H groups in total. The van der Waals surface area contributed by atoms with E-state index in [9.17, 15) is 40.5 Å². The summed E-state index contributed by atoms with van der Waals surface area (Å²) in [7, 11) is 1.22. The van der Waals surface area contributed by atoms with Gasteiger partial charge in [-0.2, -0.15) is 0 Å². The fourth-order valence-electron chi connectivity index (χ4n) is 3.73. The van der Waals surface area contributed by atoms with Crippen LogP contribution in [-0.2, 0) is 4.74 Å². The Morgan fingerprint density at radius 2 is 1.50 bits per heavy atom. The summed E-state index contributed by atoms with van der Waals surface area (Å²) in [6, 6.07) is 4.15. The lowest BCUT2D eigenvalue weighted by Gasteiger charge is -2.38. The standard InChI is InChI=1S/C22H22O12/c1-7-15(27)17(29)18(30)22(32-7)34-21-16(28)14-10(24)5-9(23)6-13(14)33-19(21)8-3-11(25)20(31-2)12(26)4-8/h3-7,15,17-18,22-27,29-30H,1-2H3/t7-,15-,17+,18+,22-/m0/s1. The highest BCUT2D eigenvalue weighted by atomic mass is 16.7. The molecule has 34 heavy (non-hydrogen) atoms. The van der Waals surface area contributed by atoms with E-state index >= 15 is 0 Å². The van der Waals surface area contributed by atoms with Crippen LogP contribution in [0.1, 0.15) is 6.92 Å². The molecule has 4 rings (SSSR count). The van der Waals surface area contributed by atoms with E-state index in [-0.39, 0.29) is 28.0 Å². The lowest BCUT2D eigenvalue weighted by atomic mass is 10.00. The van der Waals surface area contributed by atoms with Crippen LogP contribution >= 0.6 is 0 Å². The van der Waals surface area contributed by atoms with E-state index in [0.29, 0.717) is 0 Å². The van der Waals surface area contributed by atoms with Gasteiger partial charge in [-0.1, -0.05) is 0 Å². The lowest BCUT2D eigenvalue weighted by molar-refractivity contribution is -0.268. The summed E-state index contributed by atoms with van der Waals surface area (Å²) < 4.78 is 21.6. The van der Waals surface area contributed by atoms with Gasteiger partial charge in [0.1, 0.15) is 40.8 Å². The van der Waals surface area contributed by atoms with E-state index in [2.05, 4.69) is 0 Å². The Hall–Kier alpha value is -3.71. The number of methoxy groups -OCH3 is 1. The van der Waals surface area contributed by atoms with Gasteiger partial charge in [0.05, 0.1) is 13.2 Å². The highest BCUT2D eigenvalue weighted by molar-refractivity contribution is 5.88. The number of rotatable bonds is 4. The zero-order chi connectivity index (χ0) is 24.9. The quantitative estimate of drug-likeness (QED) is 0.274. The van der Waals surface area contributed by atoms with Gasteiger partial charge in [-0.3, -0.25) is 4.79 Å². The summed E-state index contributed by atoms with van der Waals surface area (Å²) in [6.45, 7) is 1.41. The zero-order valence-corrected chi connectivity index (χ0v) is 17.9. The summed E-state index contributed by atoms with van der Waals surface area (Å²) in [4.78, 5) is 13.3. The van der Waals surface area contributed by atoms with E-state index < -0.39 is 64.9 Å². The number of aliphatic hydroxyl groups excluding tert-OH is 3. The molecule has 3 aromatic rings. The lowest BCUT2D eigenvalue weighted by Crippen LogP contribution is -2.58. The Balaban J connectivity index is 1.94. The molecule has 182 valence electrons. The first-order chi connectivity index (χ1) is 16.0. The highest BCUT2D eigenvalue weighted by Gasteiger charge is 2.44. The average Bonchev–Trinajstić information content (AvgIpc) is 2.76. The second-order valence-electron chi connectivity index (χ2n) is 7.77. The van der Waals surface area contributed by atoms with Gasteiger partial charge in [0.15, 0.2) is 17.3 Å². The van der Waals surface area contributed by atoms with Gasteiger partial charge in [0.25, 0.3) is 0 Å². The van der Waals surface area contributed by atoms with Gasteiger partial charge in [0.2, 0.25) is 23.2 Å². The van der Waals surface area contributed by atoms with Gasteiger partial charge in [-0.25, -0.2) is 0 Å². The van der Waals surface area contributed by atoms with Crippen LogP contribution in [0.4, 0.5) is 0 Å². The fourth-order valence-corrected chi connectivity index (χ4v) is 3.73. The van der Waals surface area contributed by atoms with Crippen molar-refractivity contribution in [1.29, 1.82) is 0 Å². The maximum Gasteiger partial charge on any atom is 0.239 e. The summed E-state index contributed by atoms with van der Waals surface area (Å²) in [5.41, 5.74) is -1.28. The molecular weight excluding hydrogens is 456 g/mol. The molecule has 0 spiro atoms. The number of fused-ring (bicyclic) bond motifs is 1. The SMILES string of the molecule is COc1c(O)cc(-c2oc3cc(O)cc(O)c3c(=O)c2O[C@@H]2O[C@@H](C)[C@H](O)[C@@H](O)[C@H]2O)cc1O. The molecule has 0 bridgehead atoms. The van der Waals surface area contributed by atoms with Crippen molar-refractivity contribution in [2.24, 2.45) is 0 Å². The minimum atomic E-state index is -1.78. The third-order valence-corrected chi connectivity index (χ3v) is 5.48. The third kappa shape index (κ3) is 3.82. The predicted molar refractivity (Wildman–Crippen MR) is 114 cm³/mol. The molecule has 12 nitrogen and oxygen atoms in total. The second-order valence-corrected chi connectivity index (χ2v) is 7.77. The van der Waals surface area contributed by atoms with Gasteiger partial charge in [0, 0.05) is 17.7 Å². The van der Waals surface area contributed by atoms with Crippen molar-refractivity contribution in [3.05, 3.63) is 34.5 Å². The number of aliphatic hydroxyl groups is 3. The molecule has 0 aliphatic carbocycles. The Labute approximate surface area is 191 Å². The van der Waals surface area contributed by atoms with Crippen molar-refractivity contribution >= 4 is 11.0 Å². The van der Waals surface area contributed by atoms with Crippen LogP contribution in [0.15, 0.2) is 33.5 Å². The van der Waals surface area contributed by atoms with Crippen molar-refractivity contribution in [1.82, 2.24) is 0 Å². The number of hydrogen-bond donors (Lipinski definition) is 7. The van der Waals surface area contributed by atoms with E-state index in [1.807, 2.05) is 0 Å². The maximum atomic E-state index is 13.3. The summed E-state index contributed by atoms with van der Waals surface area (Å²) in [6.07, 6.45) is -7.50. The fraction of sp³-hybridized carbons (Fsp3) is 0.318. The van der Waals surface area contributed by atoms with Crippen molar-refractivity contribution in [3.8, 4) is 45.8 Å². The van der Waals surface area contributed by atoms with Crippen molar-refractivity contribution in [2.45, 2.75) is 37.6 Å². The zero-order valence-electron chi connectivity index (χ0n) is 17.9. The number of phenolic OH excluding ortho intramolecular Hbond substituents is 4. The van der Waals surface area contributed by atoms with Crippen LogP contribution in [0.2, 0.25) is 0 Å². The number of hydrogen-bond acceptors (Lipinski definition) is 12. The van der Waals surface area contributed by atoms with Crippen LogP contribution in [0.3, 0.4) is 0 Å². The molecule has 0 saturated carbocycles. The van der Waals surface area contributed by atoms with Crippen molar-refractivity contribution < 1.29 is 54.4 Å². The van der Waals surface area contributed by atoms with E-state index in [4.69, 9.17) is 18.6 Å². The van der Waals surface area contributed by atoms with E-state index in [1.165, 1.54) is 14.0 Å². The molecule has 1 aliphatic rings.